The van der Waals surface area contributed by atoms with Gasteiger partial charge < -0.3 is 9.80 Å². The number of likely N-dealkylation sites (tertiary alicyclic amines) is 2. The Morgan fingerprint density at radius 1 is 1.25 bits per heavy atom. The second kappa shape index (κ2) is 5.48. The second-order valence-corrected chi connectivity index (χ2v) is 5.92. The van der Waals surface area contributed by atoms with Crippen LogP contribution in [0.5, 0.6) is 0 Å². The van der Waals surface area contributed by atoms with Crippen molar-refractivity contribution in [3.8, 4) is 0 Å². The van der Waals surface area contributed by atoms with Gasteiger partial charge in [-0.1, -0.05) is 0 Å². The molecule has 2 fully saturated rings. The van der Waals surface area contributed by atoms with E-state index in [0.29, 0.717) is 17.6 Å². The molecule has 2 saturated heterocycles. The minimum Gasteiger partial charge on any atom is -0.334 e. The maximum Gasteiger partial charge on any atom is 0.257 e. The van der Waals surface area contributed by atoms with Gasteiger partial charge in [-0.05, 0) is 46.2 Å². The summed E-state index contributed by atoms with van der Waals surface area (Å²) in [4.78, 5) is 25.4. The molecule has 0 aliphatic carbocycles. The van der Waals surface area contributed by atoms with E-state index in [0.717, 1.165) is 31.6 Å². The van der Waals surface area contributed by atoms with E-state index in [4.69, 9.17) is 0 Å². The first kappa shape index (κ1) is 13.5. The van der Waals surface area contributed by atoms with E-state index in [1.54, 1.807) is 6.20 Å². The molecule has 108 valence electrons. The van der Waals surface area contributed by atoms with Crippen molar-refractivity contribution in [1.29, 1.82) is 0 Å². The fourth-order valence-corrected chi connectivity index (χ4v) is 3.62. The minimum absolute atomic E-state index is 0.103. The van der Waals surface area contributed by atoms with Gasteiger partial charge in [0.25, 0.3) is 5.91 Å². The van der Waals surface area contributed by atoms with Crippen LogP contribution in [0.25, 0.3) is 0 Å². The van der Waals surface area contributed by atoms with Crippen molar-refractivity contribution in [2.75, 3.05) is 20.1 Å². The first-order chi connectivity index (χ1) is 9.68. The highest BCUT2D eigenvalue weighted by Crippen LogP contribution is 2.30. The molecule has 0 unspecified atom stereocenters. The third-order valence-corrected chi connectivity index (χ3v) is 4.72. The molecule has 0 spiro atoms. The lowest BCUT2D eigenvalue weighted by atomic mass is 10.0. The van der Waals surface area contributed by atoms with Gasteiger partial charge in [-0.15, -0.1) is 0 Å². The zero-order valence-electron chi connectivity index (χ0n) is 12.2. The maximum absolute atomic E-state index is 12.8. The molecule has 0 N–H and O–H groups in total. The average Bonchev–Trinajstić information content (AvgIpc) is 3.06. The van der Waals surface area contributed by atoms with Crippen LogP contribution in [0.4, 0.5) is 0 Å². The third-order valence-electron chi connectivity index (χ3n) is 4.72. The summed E-state index contributed by atoms with van der Waals surface area (Å²) in [6.45, 7) is 3.89. The summed E-state index contributed by atoms with van der Waals surface area (Å²) in [5.74, 6) is 0.103. The molecule has 2 aliphatic heterocycles. The molecule has 2 atom stereocenters. The topological polar surface area (TPSA) is 49.3 Å². The molecule has 0 radical (unpaired) electrons. The van der Waals surface area contributed by atoms with E-state index in [1.807, 2.05) is 6.92 Å². The Balaban J connectivity index is 1.82. The predicted octanol–water partition coefficient (Wildman–Crippen LogP) is 1.48. The zero-order chi connectivity index (χ0) is 14.1. The number of hydrogen-bond donors (Lipinski definition) is 0. The zero-order valence-corrected chi connectivity index (χ0v) is 12.2. The van der Waals surface area contributed by atoms with Crippen LogP contribution in [0, 0.1) is 6.92 Å². The standard InChI is InChI=1S/C15H22N4O/c1-11-12(9-16-10-17-11)15(20)19-8-4-6-14(19)13-5-3-7-18(13)2/h9-10,13-14H,3-8H2,1-2H3/t13-,14+/m1/s1. The van der Waals surface area contributed by atoms with Gasteiger partial charge in [-0.3, -0.25) is 4.79 Å². The second-order valence-electron chi connectivity index (χ2n) is 5.92. The number of nitrogens with zero attached hydrogens (tertiary/aromatic N) is 4. The van der Waals surface area contributed by atoms with E-state index in [-0.39, 0.29) is 5.91 Å². The summed E-state index contributed by atoms with van der Waals surface area (Å²) in [6.07, 6.45) is 7.82. The van der Waals surface area contributed by atoms with Crippen LogP contribution in [-0.2, 0) is 0 Å². The van der Waals surface area contributed by atoms with Crippen molar-refractivity contribution in [2.45, 2.75) is 44.7 Å². The first-order valence-electron chi connectivity index (χ1n) is 7.46. The number of aromatic nitrogens is 2. The largest absolute Gasteiger partial charge is 0.334 e. The molecule has 1 aromatic rings. The molecule has 3 rings (SSSR count). The molecule has 20 heavy (non-hydrogen) atoms. The van der Waals surface area contributed by atoms with Crippen molar-refractivity contribution in [3.63, 3.8) is 0 Å². The van der Waals surface area contributed by atoms with Crippen molar-refractivity contribution in [3.05, 3.63) is 23.8 Å². The monoisotopic (exact) mass is 274 g/mol. The van der Waals surface area contributed by atoms with Crippen molar-refractivity contribution in [2.24, 2.45) is 0 Å². The Bertz CT molecular complexity index is 504. The lowest BCUT2D eigenvalue weighted by molar-refractivity contribution is 0.0662. The summed E-state index contributed by atoms with van der Waals surface area (Å²) < 4.78 is 0. The predicted molar refractivity (Wildman–Crippen MR) is 76.5 cm³/mol. The quantitative estimate of drug-likeness (QED) is 0.820. The van der Waals surface area contributed by atoms with Crippen LogP contribution in [0.1, 0.15) is 41.7 Å². The van der Waals surface area contributed by atoms with Crippen LogP contribution in [0.3, 0.4) is 0 Å². The normalized spacial score (nSPS) is 27.2. The number of aryl methyl sites for hydroxylation is 1. The Morgan fingerprint density at radius 3 is 2.70 bits per heavy atom. The van der Waals surface area contributed by atoms with Crippen LogP contribution in [0.15, 0.2) is 12.5 Å². The van der Waals surface area contributed by atoms with Gasteiger partial charge in [0.15, 0.2) is 0 Å². The number of hydrogen-bond acceptors (Lipinski definition) is 4. The summed E-state index contributed by atoms with van der Waals surface area (Å²) in [5, 5.41) is 0. The highest BCUT2D eigenvalue weighted by atomic mass is 16.2. The smallest absolute Gasteiger partial charge is 0.257 e. The molecular weight excluding hydrogens is 252 g/mol. The first-order valence-corrected chi connectivity index (χ1v) is 7.46. The van der Waals surface area contributed by atoms with Gasteiger partial charge in [0.2, 0.25) is 0 Å². The van der Waals surface area contributed by atoms with E-state index < -0.39 is 0 Å². The number of rotatable bonds is 2. The molecule has 0 aromatic carbocycles. The Labute approximate surface area is 120 Å². The van der Waals surface area contributed by atoms with Crippen LogP contribution >= 0.6 is 0 Å². The van der Waals surface area contributed by atoms with Gasteiger partial charge >= 0.3 is 0 Å². The molecule has 0 saturated carbocycles. The van der Waals surface area contributed by atoms with Gasteiger partial charge in [0.05, 0.1) is 11.3 Å². The number of carbonyl (C=O) groups excluding carboxylic acids is 1. The molecule has 3 heterocycles. The van der Waals surface area contributed by atoms with E-state index in [1.165, 1.54) is 19.2 Å². The third kappa shape index (κ3) is 2.30. The van der Waals surface area contributed by atoms with Crippen molar-refractivity contribution >= 4 is 5.91 Å². The van der Waals surface area contributed by atoms with E-state index in [9.17, 15) is 4.79 Å². The van der Waals surface area contributed by atoms with Crippen LogP contribution < -0.4 is 0 Å². The molecule has 5 nitrogen and oxygen atoms in total. The molecule has 5 heteroatoms. The highest BCUT2D eigenvalue weighted by molar-refractivity contribution is 5.95. The van der Waals surface area contributed by atoms with Crippen LogP contribution in [-0.4, -0.2) is 57.9 Å². The van der Waals surface area contributed by atoms with Crippen LogP contribution in [0.2, 0.25) is 0 Å². The molecule has 0 bridgehead atoms. The molecular formula is C15H22N4O. The Morgan fingerprint density at radius 2 is 2.00 bits per heavy atom. The minimum atomic E-state index is 0.103. The summed E-state index contributed by atoms with van der Waals surface area (Å²) >= 11 is 0. The van der Waals surface area contributed by atoms with E-state index >= 15 is 0 Å². The van der Waals surface area contributed by atoms with Crippen molar-refractivity contribution in [1.82, 2.24) is 19.8 Å². The Kier molecular flexibility index (Phi) is 3.70. The Hall–Kier alpha value is -1.49. The maximum atomic E-state index is 12.8. The SMILES string of the molecule is Cc1ncncc1C(=O)N1CCC[C@H]1[C@H]1CCCN1C. The fraction of sp³-hybridized carbons (Fsp3) is 0.667. The number of carbonyl (C=O) groups is 1. The molecule has 1 amide bonds. The van der Waals surface area contributed by atoms with Crippen molar-refractivity contribution < 1.29 is 4.79 Å². The van der Waals surface area contributed by atoms with Gasteiger partial charge in [-0.2, -0.15) is 0 Å². The van der Waals surface area contributed by atoms with Gasteiger partial charge in [0.1, 0.15) is 6.33 Å². The van der Waals surface area contributed by atoms with E-state index in [2.05, 4.69) is 26.8 Å². The lowest BCUT2D eigenvalue weighted by Crippen LogP contribution is -2.47. The summed E-state index contributed by atoms with van der Waals surface area (Å²) in [6, 6.07) is 0.876. The lowest BCUT2D eigenvalue weighted by Gasteiger charge is -2.33. The summed E-state index contributed by atoms with van der Waals surface area (Å²) in [7, 11) is 2.18. The fourth-order valence-electron chi connectivity index (χ4n) is 3.62. The molecule has 1 aromatic heterocycles. The summed E-state index contributed by atoms with van der Waals surface area (Å²) in [5.41, 5.74) is 1.43. The average molecular weight is 274 g/mol. The van der Waals surface area contributed by atoms with Gasteiger partial charge in [-0.25, -0.2) is 9.97 Å². The number of amides is 1. The number of likely N-dealkylation sites (N-methyl/N-ethyl adjacent to an activating group) is 1. The van der Waals surface area contributed by atoms with Gasteiger partial charge in [0, 0.05) is 24.8 Å². The molecule has 2 aliphatic rings. The highest BCUT2D eigenvalue weighted by Gasteiger charge is 2.38.